The molecule has 0 amide bonds. The van der Waals surface area contributed by atoms with Crippen LogP contribution in [-0.2, 0) is 4.74 Å². The van der Waals surface area contributed by atoms with Crippen LogP contribution in [0, 0.1) is 9.39 Å². The molecular weight excluding hydrogens is 321 g/mol. The quantitative estimate of drug-likeness (QED) is 0.473. The lowest BCUT2D eigenvalue weighted by Crippen LogP contribution is -2.07. The molecule has 0 unspecified atom stereocenters. The minimum Gasteiger partial charge on any atom is -0.462 e. The average molecular weight is 329 g/mol. The lowest BCUT2D eigenvalue weighted by molar-refractivity contribution is 0.0524. The molecule has 0 aliphatic rings. The van der Waals surface area contributed by atoms with E-state index < -0.39 is 11.8 Å². The molecule has 0 fully saturated rings. The Labute approximate surface area is 99.5 Å². The zero-order valence-electron chi connectivity index (χ0n) is 7.31. The molecule has 0 saturated carbocycles. The summed E-state index contributed by atoms with van der Waals surface area (Å²) in [5.41, 5.74) is 0.203. The van der Waals surface area contributed by atoms with Gasteiger partial charge < -0.3 is 4.74 Å². The maximum absolute atomic E-state index is 13.2. The summed E-state index contributed by atoms with van der Waals surface area (Å²) in [5.74, 6) is -1.12. The van der Waals surface area contributed by atoms with Crippen LogP contribution in [0.4, 0.5) is 4.39 Å². The molecule has 5 heteroatoms. The fourth-order valence-electron chi connectivity index (χ4n) is 0.892. The number of esters is 1. The molecule has 0 aromatic heterocycles. The number of halogens is 3. The van der Waals surface area contributed by atoms with Gasteiger partial charge in [-0.1, -0.05) is 11.6 Å². The second-order valence-electron chi connectivity index (χ2n) is 2.44. The number of ether oxygens (including phenoxy) is 1. The number of hydrogen-bond donors (Lipinski definition) is 0. The van der Waals surface area contributed by atoms with Gasteiger partial charge in [-0.05, 0) is 41.6 Å². The van der Waals surface area contributed by atoms with Gasteiger partial charge >= 0.3 is 5.97 Å². The second-order valence-corrected chi connectivity index (χ2v) is 3.93. The van der Waals surface area contributed by atoms with Crippen molar-refractivity contribution in [2.75, 3.05) is 6.61 Å². The van der Waals surface area contributed by atoms with E-state index in [2.05, 4.69) is 0 Å². The molecule has 0 aliphatic heterocycles. The lowest BCUT2D eigenvalue weighted by atomic mass is 10.2. The Bertz CT molecular complexity index is 368. The zero-order valence-corrected chi connectivity index (χ0v) is 10.2. The van der Waals surface area contributed by atoms with Crippen LogP contribution in [0.2, 0.25) is 5.02 Å². The van der Waals surface area contributed by atoms with E-state index in [-0.39, 0.29) is 20.8 Å². The number of carbonyl (C=O) groups is 1. The summed E-state index contributed by atoms with van der Waals surface area (Å²) in [6, 6.07) is 2.79. The molecule has 0 radical (unpaired) electrons. The molecule has 2 nitrogen and oxygen atoms in total. The summed E-state index contributed by atoms with van der Waals surface area (Å²) in [4.78, 5) is 11.3. The van der Waals surface area contributed by atoms with Crippen LogP contribution in [0.1, 0.15) is 17.3 Å². The lowest BCUT2D eigenvalue weighted by Gasteiger charge is -2.05. The van der Waals surface area contributed by atoms with Gasteiger partial charge in [0.25, 0.3) is 0 Å². The zero-order chi connectivity index (χ0) is 10.7. The summed E-state index contributed by atoms with van der Waals surface area (Å²) in [6.45, 7) is 1.95. The largest absolute Gasteiger partial charge is 0.462 e. The fraction of sp³-hybridized carbons (Fsp3) is 0.222. The standard InChI is InChI=1S/C9H7ClFIO2/c1-2-14-9(13)5-3-4-6(10)7(11)8(5)12/h3-4H,2H2,1H3. The van der Waals surface area contributed by atoms with Crippen LogP contribution in [0.15, 0.2) is 12.1 Å². The Balaban J connectivity index is 3.11. The minimum absolute atomic E-state index is 0.00227. The summed E-state index contributed by atoms with van der Waals surface area (Å²) in [6.07, 6.45) is 0. The number of carbonyl (C=O) groups excluding carboxylic acids is 1. The molecule has 0 saturated heterocycles. The molecule has 0 aliphatic carbocycles. The summed E-state index contributed by atoms with van der Waals surface area (Å²) >= 11 is 7.26. The molecule has 0 atom stereocenters. The van der Waals surface area contributed by atoms with Crippen molar-refractivity contribution in [1.29, 1.82) is 0 Å². The van der Waals surface area contributed by atoms with E-state index in [9.17, 15) is 9.18 Å². The fourth-order valence-corrected chi connectivity index (χ4v) is 1.90. The van der Waals surface area contributed by atoms with Gasteiger partial charge in [0.15, 0.2) is 5.82 Å². The van der Waals surface area contributed by atoms with Gasteiger partial charge in [-0.15, -0.1) is 0 Å². The van der Waals surface area contributed by atoms with E-state index in [0.29, 0.717) is 0 Å². The molecule has 0 spiro atoms. The monoisotopic (exact) mass is 328 g/mol. The molecule has 1 aromatic rings. The van der Waals surface area contributed by atoms with E-state index in [4.69, 9.17) is 16.3 Å². The highest BCUT2D eigenvalue weighted by atomic mass is 127. The van der Waals surface area contributed by atoms with Gasteiger partial charge in [-0.3, -0.25) is 0 Å². The number of benzene rings is 1. The normalized spacial score (nSPS) is 10.0. The van der Waals surface area contributed by atoms with Crippen molar-refractivity contribution in [3.05, 3.63) is 32.1 Å². The maximum atomic E-state index is 13.2. The van der Waals surface area contributed by atoms with Crippen LogP contribution in [-0.4, -0.2) is 12.6 Å². The van der Waals surface area contributed by atoms with Crippen molar-refractivity contribution >= 4 is 40.2 Å². The summed E-state index contributed by atoms with van der Waals surface area (Å²) in [7, 11) is 0. The van der Waals surface area contributed by atoms with E-state index in [0.717, 1.165) is 0 Å². The molecule has 14 heavy (non-hydrogen) atoms. The van der Waals surface area contributed by atoms with Gasteiger partial charge in [0.2, 0.25) is 0 Å². The van der Waals surface area contributed by atoms with Crippen LogP contribution >= 0.6 is 34.2 Å². The third kappa shape index (κ3) is 2.36. The third-order valence-corrected chi connectivity index (χ3v) is 2.88. The second kappa shape index (κ2) is 4.93. The Kier molecular flexibility index (Phi) is 4.12. The van der Waals surface area contributed by atoms with Crippen molar-refractivity contribution in [2.45, 2.75) is 6.92 Å². The SMILES string of the molecule is CCOC(=O)c1ccc(Cl)c(F)c1I. The van der Waals surface area contributed by atoms with E-state index in [1.165, 1.54) is 12.1 Å². The van der Waals surface area contributed by atoms with Crippen molar-refractivity contribution in [3.63, 3.8) is 0 Å². The van der Waals surface area contributed by atoms with Gasteiger partial charge in [-0.2, -0.15) is 0 Å². The van der Waals surface area contributed by atoms with Crippen LogP contribution in [0.25, 0.3) is 0 Å². The first-order valence-electron chi connectivity index (χ1n) is 3.88. The molecule has 1 aromatic carbocycles. The molecule has 76 valence electrons. The van der Waals surface area contributed by atoms with Gasteiger partial charge in [0, 0.05) is 0 Å². The Morgan fingerprint density at radius 2 is 2.29 bits per heavy atom. The van der Waals surface area contributed by atoms with Crippen molar-refractivity contribution in [1.82, 2.24) is 0 Å². The Morgan fingerprint density at radius 1 is 1.64 bits per heavy atom. The molecule has 0 N–H and O–H groups in total. The van der Waals surface area contributed by atoms with Gasteiger partial charge in [0.05, 0.1) is 20.8 Å². The molecule has 1 rings (SSSR count). The van der Waals surface area contributed by atoms with Crippen molar-refractivity contribution in [2.24, 2.45) is 0 Å². The molecule has 0 heterocycles. The summed E-state index contributed by atoms with van der Waals surface area (Å²) < 4.78 is 18.2. The first kappa shape index (κ1) is 11.7. The Morgan fingerprint density at radius 3 is 2.86 bits per heavy atom. The first-order valence-corrected chi connectivity index (χ1v) is 5.34. The van der Waals surface area contributed by atoms with Gasteiger partial charge in [-0.25, -0.2) is 9.18 Å². The minimum atomic E-state index is -0.585. The van der Waals surface area contributed by atoms with Gasteiger partial charge in [0.1, 0.15) is 0 Å². The van der Waals surface area contributed by atoms with Crippen molar-refractivity contribution in [3.8, 4) is 0 Å². The molecular formula is C9H7ClFIO2. The smallest absolute Gasteiger partial charge is 0.339 e. The predicted octanol–water partition coefficient (Wildman–Crippen LogP) is 3.26. The van der Waals surface area contributed by atoms with Crippen LogP contribution in [0.3, 0.4) is 0 Å². The average Bonchev–Trinajstić information content (AvgIpc) is 2.15. The highest BCUT2D eigenvalue weighted by Gasteiger charge is 2.16. The van der Waals surface area contributed by atoms with Crippen LogP contribution in [0.5, 0.6) is 0 Å². The molecule has 0 bridgehead atoms. The predicted molar refractivity (Wildman–Crippen MR) is 60.1 cm³/mol. The summed E-state index contributed by atoms with van der Waals surface area (Å²) in [5, 5.41) is 0.00227. The Hall–Kier alpha value is -0.360. The highest BCUT2D eigenvalue weighted by molar-refractivity contribution is 14.1. The maximum Gasteiger partial charge on any atom is 0.339 e. The number of hydrogen-bond acceptors (Lipinski definition) is 2. The van der Waals surface area contributed by atoms with Crippen molar-refractivity contribution < 1.29 is 13.9 Å². The first-order chi connectivity index (χ1) is 6.57. The van der Waals surface area contributed by atoms with E-state index in [1.807, 2.05) is 0 Å². The van der Waals surface area contributed by atoms with E-state index >= 15 is 0 Å². The topological polar surface area (TPSA) is 26.3 Å². The van der Waals surface area contributed by atoms with E-state index in [1.54, 1.807) is 29.5 Å². The number of rotatable bonds is 2. The van der Waals surface area contributed by atoms with Crippen LogP contribution < -0.4 is 0 Å². The highest BCUT2D eigenvalue weighted by Crippen LogP contribution is 2.23. The third-order valence-electron chi connectivity index (χ3n) is 1.53.